The fraction of sp³-hybridized carbons (Fsp3) is 1.00. The van der Waals surface area contributed by atoms with Crippen molar-refractivity contribution in [3.05, 3.63) is 0 Å². The van der Waals surface area contributed by atoms with E-state index in [1.54, 1.807) is 0 Å². The highest BCUT2D eigenvalue weighted by molar-refractivity contribution is 5.01. The summed E-state index contributed by atoms with van der Waals surface area (Å²) in [5, 5.41) is 9.99. The van der Waals surface area contributed by atoms with E-state index in [2.05, 4.69) is 27.7 Å². The third-order valence-electron chi connectivity index (χ3n) is 7.29. The van der Waals surface area contributed by atoms with E-state index in [4.69, 9.17) is 0 Å². The third-order valence-corrected chi connectivity index (χ3v) is 7.29. The minimum atomic E-state index is -0.505. The molecule has 0 radical (unpaired) electrons. The molecule has 1 N–H and O–H groups in total. The Balaban J connectivity index is 2.00. The van der Waals surface area contributed by atoms with Crippen molar-refractivity contribution < 1.29 is 5.11 Å². The van der Waals surface area contributed by atoms with Crippen LogP contribution in [-0.2, 0) is 0 Å². The Bertz CT molecular complexity index is 342. The van der Waals surface area contributed by atoms with Crippen LogP contribution in [0.4, 0.5) is 0 Å². The molecule has 0 aromatic carbocycles. The van der Waals surface area contributed by atoms with Crippen LogP contribution in [0.2, 0.25) is 0 Å². The lowest BCUT2D eigenvalue weighted by Crippen LogP contribution is -2.39. The Kier molecular flexibility index (Phi) is 5.13. The molecule has 0 bridgehead atoms. The van der Waals surface area contributed by atoms with Gasteiger partial charge in [-0.15, -0.1) is 0 Å². The van der Waals surface area contributed by atoms with E-state index in [9.17, 15) is 5.11 Å². The van der Waals surface area contributed by atoms with Crippen molar-refractivity contribution in [2.75, 3.05) is 0 Å². The Morgan fingerprint density at radius 2 is 1.86 bits per heavy atom. The second kappa shape index (κ2) is 6.22. The molecule has 0 heterocycles. The minimum absolute atomic E-state index is 0.505. The third kappa shape index (κ3) is 3.66. The molecule has 2 fully saturated rings. The SMILES string of the molecule is CC1CCCC2(C)C1CCC2[C@H](C)[C@H](C)CCC(C)(C)O. The number of hydrogen-bond acceptors (Lipinski definition) is 1. The Morgan fingerprint density at radius 1 is 1.19 bits per heavy atom. The molecule has 0 aliphatic heterocycles. The number of rotatable bonds is 5. The molecule has 0 spiro atoms. The van der Waals surface area contributed by atoms with Crippen LogP contribution >= 0.6 is 0 Å². The minimum Gasteiger partial charge on any atom is -0.390 e. The van der Waals surface area contributed by atoms with Gasteiger partial charge in [0.2, 0.25) is 0 Å². The first kappa shape index (κ1) is 17.3. The zero-order valence-electron chi connectivity index (χ0n) is 15.3. The van der Waals surface area contributed by atoms with E-state index in [1.807, 2.05) is 13.8 Å². The van der Waals surface area contributed by atoms with Gasteiger partial charge >= 0.3 is 0 Å². The van der Waals surface area contributed by atoms with Gasteiger partial charge in [-0.3, -0.25) is 0 Å². The molecule has 0 saturated heterocycles. The molecule has 2 saturated carbocycles. The summed E-state index contributed by atoms with van der Waals surface area (Å²) in [6.07, 6.45) is 9.35. The van der Waals surface area contributed by atoms with Crippen molar-refractivity contribution >= 4 is 0 Å². The predicted octanol–water partition coefficient (Wildman–Crippen LogP) is 5.66. The summed E-state index contributed by atoms with van der Waals surface area (Å²) in [6.45, 7) is 13.9. The summed E-state index contributed by atoms with van der Waals surface area (Å²) >= 11 is 0. The quantitative estimate of drug-likeness (QED) is 0.693. The maximum absolute atomic E-state index is 9.99. The molecule has 2 aliphatic carbocycles. The zero-order chi connectivity index (χ0) is 15.8. The largest absolute Gasteiger partial charge is 0.390 e. The van der Waals surface area contributed by atoms with Gasteiger partial charge in [0.05, 0.1) is 5.60 Å². The van der Waals surface area contributed by atoms with Gasteiger partial charge in [-0.1, -0.05) is 40.5 Å². The Morgan fingerprint density at radius 3 is 2.48 bits per heavy atom. The first-order chi connectivity index (χ1) is 9.65. The highest BCUT2D eigenvalue weighted by atomic mass is 16.3. The molecule has 2 rings (SSSR count). The molecule has 0 amide bonds. The summed E-state index contributed by atoms with van der Waals surface area (Å²) in [5.74, 6) is 4.34. The van der Waals surface area contributed by atoms with Gasteiger partial charge in [-0.2, -0.15) is 0 Å². The zero-order valence-corrected chi connectivity index (χ0v) is 15.3. The lowest BCUT2D eigenvalue weighted by atomic mass is 9.58. The highest BCUT2D eigenvalue weighted by Crippen LogP contribution is 2.60. The Labute approximate surface area is 132 Å². The topological polar surface area (TPSA) is 20.2 Å². The van der Waals surface area contributed by atoms with Crippen LogP contribution in [0.1, 0.15) is 86.5 Å². The smallest absolute Gasteiger partial charge is 0.0591 e. The van der Waals surface area contributed by atoms with Crippen LogP contribution < -0.4 is 0 Å². The number of fused-ring (bicyclic) bond motifs is 1. The molecule has 6 atom stereocenters. The molecule has 1 heteroatoms. The molecular formula is C20H38O. The summed E-state index contributed by atoms with van der Waals surface area (Å²) in [4.78, 5) is 0. The van der Waals surface area contributed by atoms with E-state index in [0.717, 1.165) is 42.4 Å². The lowest BCUT2D eigenvalue weighted by Gasteiger charge is -2.47. The van der Waals surface area contributed by atoms with Crippen molar-refractivity contribution in [2.45, 2.75) is 92.1 Å². The van der Waals surface area contributed by atoms with Gasteiger partial charge in [0, 0.05) is 0 Å². The average Bonchev–Trinajstić information content (AvgIpc) is 2.73. The van der Waals surface area contributed by atoms with Gasteiger partial charge in [-0.05, 0) is 81.0 Å². The van der Waals surface area contributed by atoms with E-state index in [0.29, 0.717) is 5.41 Å². The van der Waals surface area contributed by atoms with Crippen molar-refractivity contribution in [3.63, 3.8) is 0 Å². The lowest BCUT2D eigenvalue weighted by molar-refractivity contribution is 0.0170. The molecule has 21 heavy (non-hydrogen) atoms. The van der Waals surface area contributed by atoms with Crippen LogP contribution in [0.3, 0.4) is 0 Å². The van der Waals surface area contributed by atoms with Gasteiger partial charge in [0.25, 0.3) is 0 Å². The second-order valence-electron chi connectivity index (χ2n) is 9.35. The normalized spacial score (nSPS) is 39.9. The van der Waals surface area contributed by atoms with Crippen LogP contribution in [0, 0.1) is 35.0 Å². The predicted molar refractivity (Wildman–Crippen MR) is 91.2 cm³/mol. The molecule has 0 aromatic heterocycles. The molecule has 124 valence electrons. The monoisotopic (exact) mass is 294 g/mol. The first-order valence-corrected chi connectivity index (χ1v) is 9.37. The van der Waals surface area contributed by atoms with Gasteiger partial charge in [0.15, 0.2) is 0 Å². The number of hydrogen-bond donors (Lipinski definition) is 1. The van der Waals surface area contributed by atoms with Gasteiger partial charge in [-0.25, -0.2) is 0 Å². The highest BCUT2D eigenvalue weighted by Gasteiger charge is 2.51. The Hall–Kier alpha value is -0.0400. The van der Waals surface area contributed by atoms with Crippen LogP contribution in [-0.4, -0.2) is 10.7 Å². The van der Waals surface area contributed by atoms with Crippen LogP contribution in [0.5, 0.6) is 0 Å². The first-order valence-electron chi connectivity index (χ1n) is 9.37. The van der Waals surface area contributed by atoms with Crippen LogP contribution in [0.15, 0.2) is 0 Å². The molecule has 1 nitrogen and oxygen atoms in total. The van der Waals surface area contributed by atoms with Crippen molar-refractivity contribution in [2.24, 2.45) is 35.0 Å². The summed E-state index contributed by atoms with van der Waals surface area (Å²) in [7, 11) is 0. The van der Waals surface area contributed by atoms with E-state index in [1.165, 1.54) is 32.1 Å². The summed E-state index contributed by atoms with van der Waals surface area (Å²) in [5.41, 5.74) is 0.0928. The van der Waals surface area contributed by atoms with Gasteiger partial charge in [0.1, 0.15) is 0 Å². The van der Waals surface area contributed by atoms with Gasteiger partial charge < -0.3 is 5.11 Å². The van der Waals surface area contributed by atoms with Crippen molar-refractivity contribution in [3.8, 4) is 0 Å². The molecule has 4 unspecified atom stereocenters. The standard InChI is InChI=1S/C20H38O/c1-14(11-13-19(4,5)21)16(3)18-10-9-17-15(2)8-7-12-20(17,18)6/h14-18,21H,7-13H2,1-6H3/t14-,15?,16-,17?,18?,20?/m1/s1. The molecule has 0 aromatic rings. The molecular weight excluding hydrogens is 256 g/mol. The van der Waals surface area contributed by atoms with Crippen molar-refractivity contribution in [1.82, 2.24) is 0 Å². The number of aliphatic hydroxyl groups is 1. The van der Waals surface area contributed by atoms with Crippen molar-refractivity contribution in [1.29, 1.82) is 0 Å². The fourth-order valence-corrected chi connectivity index (χ4v) is 5.71. The van der Waals surface area contributed by atoms with Crippen LogP contribution in [0.25, 0.3) is 0 Å². The fourth-order valence-electron chi connectivity index (χ4n) is 5.71. The van der Waals surface area contributed by atoms with E-state index >= 15 is 0 Å². The summed E-state index contributed by atoms with van der Waals surface area (Å²) in [6, 6.07) is 0. The second-order valence-corrected chi connectivity index (χ2v) is 9.35. The maximum atomic E-state index is 9.99. The van der Waals surface area contributed by atoms with E-state index in [-0.39, 0.29) is 0 Å². The summed E-state index contributed by atoms with van der Waals surface area (Å²) < 4.78 is 0. The average molecular weight is 295 g/mol. The molecule has 2 aliphatic rings. The van der Waals surface area contributed by atoms with E-state index < -0.39 is 5.60 Å². The maximum Gasteiger partial charge on any atom is 0.0591 e.